The van der Waals surface area contributed by atoms with Gasteiger partial charge in [-0.15, -0.1) is 0 Å². The number of nitrogens with zero attached hydrogens (tertiary/aromatic N) is 4. The van der Waals surface area contributed by atoms with Gasteiger partial charge in [0.1, 0.15) is 11.5 Å². The second-order valence-corrected chi connectivity index (χ2v) is 8.46. The lowest BCUT2D eigenvalue weighted by molar-refractivity contribution is -0.139. The summed E-state index contributed by atoms with van der Waals surface area (Å²) in [4.78, 5) is 28.9. The molecule has 0 unspecified atom stereocenters. The number of amides is 3. The Morgan fingerprint density at radius 1 is 1.29 bits per heavy atom. The summed E-state index contributed by atoms with van der Waals surface area (Å²) in [5.41, 5.74) is -0.0536. The van der Waals surface area contributed by atoms with Gasteiger partial charge in [-0.05, 0) is 38.0 Å². The summed E-state index contributed by atoms with van der Waals surface area (Å²) in [6, 6.07) is 1.59. The summed E-state index contributed by atoms with van der Waals surface area (Å²) in [5, 5.41) is 16.7. The second kappa shape index (κ2) is 10.6. The molecule has 0 fully saturated rings. The van der Waals surface area contributed by atoms with Crippen LogP contribution in [0.2, 0.25) is 0 Å². The minimum atomic E-state index is -4.89. The smallest absolute Gasteiger partial charge is 0.393 e. The number of nitrogens with one attached hydrogen (secondary N) is 1. The number of carbonyl (C=O) groups is 2. The fraction of sp³-hybridized carbons (Fsp3) is 0.522. The van der Waals surface area contributed by atoms with E-state index in [1.807, 2.05) is 13.8 Å². The molecule has 1 aliphatic heterocycles. The van der Waals surface area contributed by atoms with Crippen LogP contribution in [0.25, 0.3) is 0 Å². The second-order valence-electron chi connectivity index (χ2n) is 8.46. The molecule has 192 valence electrons. The van der Waals surface area contributed by atoms with Crippen LogP contribution in [0.3, 0.4) is 0 Å². The molecule has 35 heavy (non-hydrogen) atoms. The van der Waals surface area contributed by atoms with Crippen molar-refractivity contribution in [1.82, 2.24) is 19.6 Å². The van der Waals surface area contributed by atoms with Crippen LogP contribution in [0, 0.1) is 5.82 Å². The quantitative estimate of drug-likeness (QED) is 0.566. The third kappa shape index (κ3) is 5.92. The molecule has 0 saturated heterocycles. The molecule has 3 amide bonds. The average Bonchev–Trinajstić information content (AvgIpc) is 3.19. The fourth-order valence-electron chi connectivity index (χ4n) is 3.92. The first-order chi connectivity index (χ1) is 16.5. The number of halogens is 4. The van der Waals surface area contributed by atoms with E-state index >= 15 is 0 Å². The normalized spacial score (nSPS) is 14.5. The summed E-state index contributed by atoms with van der Waals surface area (Å²) in [5.74, 6) is -1.72. The van der Waals surface area contributed by atoms with E-state index in [9.17, 15) is 32.3 Å². The molecule has 0 spiro atoms. The predicted octanol–water partition coefficient (Wildman–Crippen LogP) is 3.88. The topological polar surface area (TPSA) is 90.7 Å². The zero-order valence-corrected chi connectivity index (χ0v) is 19.8. The Kier molecular flexibility index (Phi) is 8.04. The minimum Gasteiger partial charge on any atom is -0.393 e. The number of hydrogen-bond acceptors (Lipinski definition) is 4. The van der Waals surface area contributed by atoms with Crippen LogP contribution in [0.5, 0.6) is 0 Å². The SMILES string of the molecule is CC[C@@H](O)CCN(C)C(=O)c1c2c(nn1CC)CCN(C(=O)Nc1ccc(F)c(C(F)(F)F)c1)C2. The highest BCUT2D eigenvalue weighted by molar-refractivity contribution is 5.95. The molecule has 2 heterocycles. The van der Waals surface area contributed by atoms with Crippen molar-refractivity contribution in [2.75, 3.05) is 25.5 Å². The van der Waals surface area contributed by atoms with E-state index < -0.39 is 29.7 Å². The maximum Gasteiger partial charge on any atom is 0.419 e. The number of aromatic nitrogens is 2. The van der Waals surface area contributed by atoms with Gasteiger partial charge >= 0.3 is 12.2 Å². The summed E-state index contributed by atoms with van der Waals surface area (Å²) >= 11 is 0. The lowest BCUT2D eigenvalue weighted by Gasteiger charge is -2.28. The molecule has 12 heteroatoms. The lowest BCUT2D eigenvalue weighted by Crippen LogP contribution is -2.40. The average molecular weight is 500 g/mol. The zero-order chi connectivity index (χ0) is 25.9. The Morgan fingerprint density at radius 2 is 2.00 bits per heavy atom. The number of alkyl halides is 3. The highest BCUT2D eigenvalue weighted by Gasteiger charge is 2.35. The molecule has 2 aromatic rings. The first kappa shape index (κ1) is 26.5. The molecule has 0 saturated carbocycles. The molecule has 3 rings (SSSR count). The van der Waals surface area contributed by atoms with E-state index in [0.29, 0.717) is 61.4 Å². The molecule has 1 atom stereocenters. The highest BCUT2D eigenvalue weighted by atomic mass is 19.4. The zero-order valence-electron chi connectivity index (χ0n) is 19.8. The third-order valence-electron chi connectivity index (χ3n) is 6.03. The molecule has 0 radical (unpaired) electrons. The fourth-order valence-corrected chi connectivity index (χ4v) is 3.92. The maximum absolute atomic E-state index is 13.6. The number of hydrogen-bond donors (Lipinski definition) is 2. The Bertz CT molecular complexity index is 1090. The van der Waals surface area contributed by atoms with Gasteiger partial charge in [0.25, 0.3) is 5.91 Å². The van der Waals surface area contributed by atoms with E-state index in [4.69, 9.17) is 0 Å². The standard InChI is InChI=1S/C23H29F4N5O3/c1-4-15(33)8-10-30(3)21(34)20-16-13-31(11-9-19(16)29-32(20)5-2)22(35)28-14-6-7-18(24)17(12-14)23(25,26)27/h6-7,12,15,33H,4-5,8-11,13H2,1-3H3,(H,28,35)/t15-/m1/s1. The Labute approximate surface area is 200 Å². The largest absolute Gasteiger partial charge is 0.419 e. The number of fused-ring (bicyclic) bond motifs is 1. The Morgan fingerprint density at radius 3 is 2.63 bits per heavy atom. The highest BCUT2D eigenvalue weighted by Crippen LogP contribution is 2.33. The molecule has 8 nitrogen and oxygen atoms in total. The summed E-state index contributed by atoms with van der Waals surface area (Å²) in [6.07, 6.45) is -4.04. The predicted molar refractivity (Wildman–Crippen MR) is 120 cm³/mol. The number of anilines is 1. The van der Waals surface area contributed by atoms with Gasteiger partial charge < -0.3 is 20.2 Å². The van der Waals surface area contributed by atoms with Crippen LogP contribution in [0.15, 0.2) is 18.2 Å². The molecule has 1 aliphatic rings. The minimum absolute atomic E-state index is 0.0426. The van der Waals surface area contributed by atoms with Crippen molar-refractivity contribution in [2.24, 2.45) is 0 Å². The van der Waals surface area contributed by atoms with Crippen LogP contribution in [0.4, 0.5) is 28.0 Å². The Hall–Kier alpha value is -3.15. The number of aryl methyl sites for hydroxylation is 1. The summed E-state index contributed by atoms with van der Waals surface area (Å²) < 4.78 is 54.2. The maximum atomic E-state index is 13.6. The molecular weight excluding hydrogens is 470 g/mol. The van der Waals surface area contributed by atoms with Crippen LogP contribution in [0.1, 0.15) is 54.0 Å². The number of carbonyl (C=O) groups excluding carboxylic acids is 2. The number of aliphatic hydroxyl groups excluding tert-OH is 1. The van der Waals surface area contributed by atoms with Gasteiger partial charge in [0.05, 0.1) is 23.9 Å². The number of aliphatic hydroxyl groups is 1. The van der Waals surface area contributed by atoms with Crippen molar-refractivity contribution in [3.8, 4) is 0 Å². The monoisotopic (exact) mass is 499 g/mol. The summed E-state index contributed by atoms with van der Waals surface area (Å²) in [6.45, 7) is 4.76. The van der Waals surface area contributed by atoms with Gasteiger partial charge in [0, 0.05) is 44.4 Å². The van der Waals surface area contributed by atoms with Crippen LogP contribution < -0.4 is 5.32 Å². The van der Waals surface area contributed by atoms with E-state index in [0.717, 1.165) is 6.07 Å². The van der Waals surface area contributed by atoms with Crippen molar-refractivity contribution < 1.29 is 32.3 Å². The third-order valence-corrected chi connectivity index (χ3v) is 6.03. The van der Waals surface area contributed by atoms with Crippen molar-refractivity contribution in [3.63, 3.8) is 0 Å². The van der Waals surface area contributed by atoms with Gasteiger partial charge in [-0.3, -0.25) is 9.48 Å². The Balaban J connectivity index is 1.79. The number of rotatable bonds is 7. The molecule has 2 N–H and O–H groups in total. The van der Waals surface area contributed by atoms with Gasteiger partial charge in [0.15, 0.2) is 0 Å². The molecule has 0 bridgehead atoms. The van der Waals surface area contributed by atoms with E-state index in [2.05, 4.69) is 10.4 Å². The molecule has 1 aromatic carbocycles. The van der Waals surface area contributed by atoms with Crippen LogP contribution in [-0.2, 0) is 25.7 Å². The van der Waals surface area contributed by atoms with Gasteiger partial charge in [-0.25, -0.2) is 9.18 Å². The van der Waals surface area contributed by atoms with Gasteiger partial charge in [0.2, 0.25) is 0 Å². The molecule has 1 aromatic heterocycles. The lowest BCUT2D eigenvalue weighted by atomic mass is 10.0. The molecule has 0 aliphatic carbocycles. The van der Waals surface area contributed by atoms with E-state index in [1.54, 1.807) is 11.7 Å². The van der Waals surface area contributed by atoms with Crippen molar-refractivity contribution >= 4 is 17.6 Å². The number of urea groups is 1. The van der Waals surface area contributed by atoms with E-state index in [-0.39, 0.29) is 24.7 Å². The van der Waals surface area contributed by atoms with Crippen LogP contribution >= 0.6 is 0 Å². The van der Waals surface area contributed by atoms with Crippen molar-refractivity contribution in [3.05, 3.63) is 46.5 Å². The summed E-state index contributed by atoms with van der Waals surface area (Å²) in [7, 11) is 1.63. The van der Waals surface area contributed by atoms with Crippen molar-refractivity contribution in [2.45, 2.75) is 58.5 Å². The first-order valence-electron chi connectivity index (χ1n) is 11.4. The van der Waals surface area contributed by atoms with Gasteiger partial charge in [-0.2, -0.15) is 18.3 Å². The van der Waals surface area contributed by atoms with Crippen LogP contribution in [-0.4, -0.2) is 62.9 Å². The van der Waals surface area contributed by atoms with Crippen molar-refractivity contribution in [1.29, 1.82) is 0 Å². The first-order valence-corrected chi connectivity index (χ1v) is 11.4. The van der Waals surface area contributed by atoms with E-state index in [1.165, 1.54) is 9.80 Å². The number of benzene rings is 1. The molecular formula is C23H29F4N5O3. The van der Waals surface area contributed by atoms with Gasteiger partial charge in [-0.1, -0.05) is 6.92 Å².